The summed E-state index contributed by atoms with van der Waals surface area (Å²) in [7, 11) is 3.63. The van der Waals surface area contributed by atoms with Crippen LogP contribution in [0.2, 0.25) is 0 Å². The fraction of sp³-hybridized carbons (Fsp3) is 0.706. The molecule has 1 N–H and O–H groups in total. The molecule has 1 fully saturated rings. The van der Waals surface area contributed by atoms with Gasteiger partial charge in [-0.3, -0.25) is 14.3 Å². The van der Waals surface area contributed by atoms with Gasteiger partial charge in [-0.1, -0.05) is 73.9 Å². The van der Waals surface area contributed by atoms with Crippen molar-refractivity contribution in [1.82, 2.24) is 14.2 Å². The largest absolute Gasteiger partial charge is 0.382 e. The van der Waals surface area contributed by atoms with Crippen LogP contribution in [-0.2, 0) is 34.4 Å². The monoisotopic (exact) mass is 729 g/mol. The topological polar surface area (TPSA) is 113 Å². The minimum atomic E-state index is -1.61. The van der Waals surface area contributed by atoms with E-state index in [2.05, 4.69) is 89.3 Å². The molecule has 2 heterocycles. The van der Waals surface area contributed by atoms with Crippen molar-refractivity contribution in [3.05, 3.63) is 62.9 Å². The van der Waals surface area contributed by atoms with Crippen molar-refractivity contribution >= 4 is 30.1 Å². The van der Waals surface area contributed by atoms with Crippen molar-refractivity contribution in [1.29, 1.82) is 0 Å². The van der Waals surface area contributed by atoms with E-state index in [9.17, 15) is 9.59 Å². The molecule has 0 saturated carbocycles. The molecule has 1 saturated heterocycles. The zero-order chi connectivity index (χ0) is 35.3. The molecule has 1 aliphatic heterocycles. The maximum absolute atomic E-state index is 13.0. The van der Waals surface area contributed by atoms with Gasteiger partial charge in [0.2, 0.25) is 0 Å². The minimum absolute atomic E-state index is 0.120. The molecule has 0 radical (unpaired) electrons. The first kappa shape index (κ1) is 41.2. The van der Waals surface area contributed by atoms with Crippen molar-refractivity contribution in [3.63, 3.8) is 0 Å². The number of ether oxygens (including phenoxy) is 4. The Bertz CT molecular complexity index is 1330. The summed E-state index contributed by atoms with van der Waals surface area (Å²) in [6.45, 7) is 19.1. The summed E-state index contributed by atoms with van der Waals surface area (Å²) in [4.78, 5) is 28.4. The Kier molecular flexibility index (Phi) is 17.6. The van der Waals surface area contributed by atoms with Gasteiger partial charge in [0, 0.05) is 47.7 Å². The lowest BCUT2D eigenvalue weighted by molar-refractivity contribution is -0.0848. The number of methoxy groups -OCH3 is 1. The van der Waals surface area contributed by atoms with Gasteiger partial charge in [0.1, 0.15) is 18.3 Å². The van der Waals surface area contributed by atoms with E-state index in [0.717, 1.165) is 12.8 Å². The van der Waals surface area contributed by atoms with Crippen molar-refractivity contribution in [2.75, 3.05) is 40.1 Å². The first-order valence-electron chi connectivity index (χ1n) is 16.8. The number of H-pyrrole nitrogens is 1. The van der Waals surface area contributed by atoms with E-state index in [0.29, 0.717) is 26.2 Å². The number of benzene rings is 1. The second-order valence-electron chi connectivity index (χ2n) is 13.2. The molecule has 5 atom stereocenters. The standard InChI is InChI=1S/C34H56N3O8PS2/c1-10-11-19-41-23-27-30(31(42-22-21-40-9)32(44-27)36-18-16-29(38)35-33(36)39)45-46(37(24(2)3)25(4)5)43-20-17-26-14-12-13-15-28(26)47-48-34(6,7)8/h12-16,18,24-25,27,30-32H,10-11,17,19-23H2,1-9H3,(H,35,38,39). The third-order valence-electron chi connectivity index (χ3n) is 7.32. The number of aromatic nitrogens is 2. The Morgan fingerprint density at radius 1 is 1.02 bits per heavy atom. The van der Waals surface area contributed by atoms with Gasteiger partial charge >= 0.3 is 5.69 Å². The quantitative estimate of drug-likeness (QED) is 0.0831. The van der Waals surface area contributed by atoms with Crippen LogP contribution in [0.4, 0.5) is 0 Å². The second kappa shape index (κ2) is 20.6. The zero-order valence-electron chi connectivity index (χ0n) is 30.0. The molecule has 1 aliphatic rings. The third kappa shape index (κ3) is 12.8. The van der Waals surface area contributed by atoms with Crippen molar-refractivity contribution in [2.24, 2.45) is 0 Å². The molecule has 5 unspecified atom stereocenters. The maximum Gasteiger partial charge on any atom is 0.330 e. The third-order valence-corrected chi connectivity index (χ3v) is 12.9. The lowest BCUT2D eigenvalue weighted by atomic mass is 10.1. The highest BCUT2D eigenvalue weighted by Gasteiger charge is 2.50. The van der Waals surface area contributed by atoms with Gasteiger partial charge in [-0.05, 0) is 52.2 Å². The molecule has 11 nitrogen and oxygen atoms in total. The molecular weight excluding hydrogens is 673 g/mol. The summed E-state index contributed by atoms with van der Waals surface area (Å²) in [6.07, 6.45) is 1.24. The molecule has 2 aromatic rings. The molecule has 272 valence electrons. The average Bonchev–Trinajstić information content (AvgIpc) is 3.34. The highest BCUT2D eigenvalue weighted by molar-refractivity contribution is 8.77. The molecule has 0 bridgehead atoms. The number of unbranched alkanes of at least 4 members (excludes halogenated alkanes) is 1. The maximum atomic E-state index is 13.0. The Labute approximate surface area is 295 Å². The van der Waals surface area contributed by atoms with Gasteiger partial charge in [0.15, 0.2) is 6.23 Å². The van der Waals surface area contributed by atoms with Gasteiger partial charge in [0.05, 0.1) is 26.4 Å². The van der Waals surface area contributed by atoms with Crippen LogP contribution >= 0.6 is 30.1 Å². The molecule has 0 amide bonds. The van der Waals surface area contributed by atoms with E-state index >= 15 is 0 Å². The first-order chi connectivity index (χ1) is 22.9. The molecule has 1 aromatic carbocycles. The molecule has 3 rings (SSSR count). The normalized spacial score (nSPS) is 20.8. The Hall–Kier alpha value is -1.25. The van der Waals surface area contributed by atoms with Crippen molar-refractivity contribution in [2.45, 2.75) is 121 Å². The average molecular weight is 730 g/mol. The Balaban J connectivity index is 1.93. The molecule has 0 spiro atoms. The number of nitrogens with zero attached hydrogens (tertiary/aromatic N) is 2. The molecule has 14 heteroatoms. The SMILES string of the molecule is CCCCOCC1OC(n2ccc(=O)[nH]c2=O)C(OCCOC)C1OP(OCCc1ccccc1SSC(C)(C)C)N(C(C)C)C(C)C. The number of hydrogen-bond donors (Lipinski definition) is 1. The molecule has 1 aromatic heterocycles. The number of hydrogen-bond acceptors (Lipinski definition) is 11. The van der Waals surface area contributed by atoms with Crippen LogP contribution in [0.25, 0.3) is 0 Å². The number of nitrogens with one attached hydrogen (secondary N) is 1. The smallest absolute Gasteiger partial charge is 0.330 e. The summed E-state index contributed by atoms with van der Waals surface area (Å²) in [6, 6.07) is 9.98. The number of aromatic amines is 1. The highest BCUT2D eigenvalue weighted by atomic mass is 33.1. The number of rotatable bonds is 21. The fourth-order valence-electron chi connectivity index (χ4n) is 5.14. The predicted molar refractivity (Wildman–Crippen MR) is 196 cm³/mol. The fourth-order valence-corrected chi connectivity index (χ4v) is 9.16. The lowest BCUT2D eigenvalue weighted by Gasteiger charge is -2.38. The summed E-state index contributed by atoms with van der Waals surface area (Å²) in [5.74, 6) is 0. The van der Waals surface area contributed by atoms with Gasteiger partial charge < -0.3 is 28.0 Å². The van der Waals surface area contributed by atoms with Crippen LogP contribution in [0.1, 0.15) is 80.0 Å². The summed E-state index contributed by atoms with van der Waals surface area (Å²) in [5.41, 5.74) is 0.140. The minimum Gasteiger partial charge on any atom is -0.382 e. The zero-order valence-corrected chi connectivity index (χ0v) is 32.5. The summed E-state index contributed by atoms with van der Waals surface area (Å²) < 4.78 is 41.6. The molecule has 0 aliphatic carbocycles. The van der Waals surface area contributed by atoms with Crippen LogP contribution in [-0.4, -0.2) is 89.5 Å². The first-order valence-corrected chi connectivity index (χ1v) is 20.1. The van der Waals surface area contributed by atoms with Crippen LogP contribution in [0.5, 0.6) is 0 Å². The Morgan fingerprint density at radius 2 is 1.75 bits per heavy atom. The van der Waals surface area contributed by atoms with Gasteiger partial charge in [-0.15, -0.1) is 0 Å². The molecular formula is C34H56N3O8PS2. The van der Waals surface area contributed by atoms with E-state index in [1.165, 1.54) is 27.3 Å². The van der Waals surface area contributed by atoms with Gasteiger partial charge in [0.25, 0.3) is 14.1 Å². The lowest BCUT2D eigenvalue weighted by Crippen LogP contribution is -2.42. The van der Waals surface area contributed by atoms with E-state index in [1.54, 1.807) is 17.9 Å². The van der Waals surface area contributed by atoms with E-state index < -0.39 is 44.3 Å². The van der Waals surface area contributed by atoms with Crippen LogP contribution < -0.4 is 11.2 Å². The summed E-state index contributed by atoms with van der Waals surface area (Å²) in [5, 5.41) is 0. The second-order valence-corrected chi connectivity index (χ2v) is 17.6. The van der Waals surface area contributed by atoms with Crippen molar-refractivity contribution < 1.29 is 28.0 Å². The highest BCUT2D eigenvalue weighted by Crippen LogP contribution is 2.51. The van der Waals surface area contributed by atoms with E-state index in [4.69, 9.17) is 28.0 Å². The van der Waals surface area contributed by atoms with Crippen LogP contribution in [0, 0.1) is 0 Å². The predicted octanol–water partition coefficient (Wildman–Crippen LogP) is 6.81. The molecule has 48 heavy (non-hydrogen) atoms. The van der Waals surface area contributed by atoms with Crippen LogP contribution in [0.15, 0.2) is 51.0 Å². The van der Waals surface area contributed by atoms with E-state index in [1.807, 2.05) is 10.8 Å². The Morgan fingerprint density at radius 3 is 2.40 bits per heavy atom. The van der Waals surface area contributed by atoms with Crippen LogP contribution in [0.3, 0.4) is 0 Å². The summed E-state index contributed by atoms with van der Waals surface area (Å²) >= 11 is 0. The van der Waals surface area contributed by atoms with Crippen molar-refractivity contribution in [3.8, 4) is 0 Å². The van der Waals surface area contributed by atoms with Gasteiger partial charge in [-0.2, -0.15) is 0 Å². The van der Waals surface area contributed by atoms with Gasteiger partial charge in [-0.25, -0.2) is 9.46 Å². The van der Waals surface area contributed by atoms with E-state index in [-0.39, 0.29) is 30.0 Å².